The van der Waals surface area contributed by atoms with E-state index in [1.807, 2.05) is 13.1 Å². The summed E-state index contributed by atoms with van der Waals surface area (Å²) in [4.78, 5) is 9.15. The van der Waals surface area contributed by atoms with Gasteiger partial charge in [0.15, 0.2) is 0 Å². The van der Waals surface area contributed by atoms with Gasteiger partial charge in [-0.15, -0.1) is 0 Å². The van der Waals surface area contributed by atoms with Gasteiger partial charge in [-0.2, -0.15) is 0 Å². The predicted molar refractivity (Wildman–Crippen MR) is 82.3 cm³/mol. The molecule has 2 N–H and O–H groups in total. The molecular weight excluding hydrogens is 252 g/mol. The van der Waals surface area contributed by atoms with Gasteiger partial charge in [0, 0.05) is 38.3 Å². The zero-order valence-corrected chi connectivity index (χ0v) is 13.0. The van der Waals surface area contributed by atoms with Crippen molar-refractivity contribution in [3.05, 3.63) is 11.9 Å². The van der Waals surface area contributed by atoms with E-state index in [4.69, 9.17) is 4.74 Å². The Balaban J connectivity index is 1.98. The molecule has 0 saturated carbocycles. The van der Waals surface area contributed by atoms with E-state index in [0.717, 1.165) is 43.6 Å². The van der Waals surface area contributed by atoms with Gasteiger partial charge in [0.05, 0.1) is 0 Å². The van der Waals surface area contributed by atoms with Crippen molar-refractivity contribution < 1.29 is 4.74 Å². The molecule has 0 aliphatic carbocycles. The van der Waals surface area contributed by atoms with Gasteiger partial charge >= 0.3 is 0 Å². The summed E-state index contributed by atoms with van der Waals surface area (Å²) in [7, 11) is 1.88. The van der Waals surface area contributed by atoms with Crippen molar-refractivity contribution in [3.8, 4) is 0 Å². The van der Waals surface area contributed by atoms with Gasteiger partial charge in [0.25, 0.3) is 0 Å². The van der Waals surface area contributed by atoms with Crippen LogP contribution in [-0.2, 0) is 10.2 Å². The molecule has 2 heterocycles. The molecule has 1 aliphatic rings. The molecule has 1 saturated heterocycles. The summed E-state index contributed by atoms with van der Waals surface area (Å²) < 4.78 is 5.40. The van der Waals surface area contributed by atoms with Crippen molar-refractivity contribution in [1.29, 1.82) is 0 Å². The van der Waals surface area contributed by atoms with Gasteiger partial charge in [-0.25, -0.2) is 9.97 Å². The van der Waals surface area contributed by atoms with E-state index in [2.05, 4.69) is 41.4 Å². The minimum Gasteiger partial charge on any atom is -0.381 e. The SMILES string of the molecule is CNc1cc(NCCC2CCOC2)nc(C(C)(C)C)n1. The van der Waals surface area contributed by atoms with Crippen LogP contribution in [0.2, 0.25) is 0 Å². The highest BCUT2D eigenvalue weighted by Crippen LogP contribution is 2.22. The standard InChI is InChI=1S/C15H26N4O/c1-15(2,3)14-18-12(16-4)9-13(19-14)17-7-5-11-6-8-20-10-11/h9,11H,5-8,10H2,1-4H3,(H2,16,17,18,19). The smallest absolute Gasteiger partial charge is 0.138 e. The van der Waals surface area contributed by atoms with Crippen LogP contribution in [0.15, 0.2) is 6.07 Å². The Morgan fingerprint density at radius 2 is 2.05 bits per heavy atom. The summed E-state index contributed by atoms with van der Waals surface area (Å²) in [5, 5.41) is 6.51. The topological polar surface area (TPSA) is 59.1 Å². The first-order chi connectivity index (χ1) is 9.49. The lowest BCUT2D eigenvalue weighted by Gasteiger charge is -2.19. The second-order valence-electron chi connectivity index (χ2n) is 6.41. The number of hydrogen-bond donors (Lipinski definition) is 2. The van der Waals surface area contributed by atoms with Gasteiger partial charge in [0.2, 0.25) is 0 Å². The van der Waals surface area contributed by atoms with Crippen molar-refractivity contribution in [3.63, 3.8) is 0 Å². The summed E-state index contributed by atoms with van der Waals surface area (Å²) in [5.74, 6) is 3.30. The van der Waals surface area contributed by atoms with E-state index in [0.29, 0.717) is 5.92 Å². The molecule has 112 valence electrons. The van der Waals surface area contributed by atoms with Crippen LogP contribution in [0, 0.1) is 5.92 Å². The first-order valence-electron chi connectivity index (χ1n) is 7.38. The lowest BCUT2D eigenvalue weighted by molar-refractivity contribution is 0.185. The van der Waals surface area contributed by atoms with Gasteiger partial charge < -0.3 is 15.4 Å². The van der Waals surface area contributed by atoms with Crippen LogP contribution < -0.4 is 10.6 Å². The molecule has 1 aromatic rings. The van der Waals surface area contributed by atoms with E-state index in [-0.39, 0.29) is 5.41 Å². The fourth-order valence-corrected chi connectivity index (χ4v) is 2.22. The highest BCUT2D eigenvalue weighted by atomic mass is 16.5. The molecule has 1 unspecified atom stereocenters. The Labute approximate surface area is 121 Å². The molecule has 1 fully saturated rings. The number of nitrogens with zero attached hydrogens (tertiary/aromatic N) is 2. The lowest BCUT2D eigenvalue weighted by Crippen LogP contribution is -2.19. The van der Waals surface area contributed by atoms with Crippen molar-refractivity contribution in [2.24, 2.45) is 5.92 Å². The summed E-state index contributed by atoms with van der Waals surface area (Å²) in [6.45, 7) is 9.12. The van der Waals surface area contributed by atoms with Crippen LogP contribution in [0.5, 0.6) is 0 Å². The van der Waals surface area contributed by atoms with Crippen LogP contribution in [0.3, 0.4) is 0 Å². The average Bonchev–Trinajstić information content (AvgIpc) is 2.90. The van der Waals surface area contributed by atoms with E-state index in [1.165, 1.54) is 6.42 Å². The summed E-state index contributed by atoms with van der Waals surface area (Å²) in [6, 6.07) is 1.96. The third kappa shape index (κ3) is 4.07. The van der Waals surface area contributed by atoms with Crippen molar-refractivity contribution in [2.75, 3.05) is 37.4 Å². The minimum atomic E-state index is -0.0530. The van der Waals surface area contributed by atoms with Crippen molar-refractivity contribution >= 4 is 11.6 Å². The second-order valence-corrected chi connectivity index (χ2v) is 6.41. The summed E-state index contributed by atoms with van der Waals surface area (Å²) >= 11 is 0. The molecule has 5 nitrogen and oxygen atoms in total. The fraction of sp³-hybridized carbons (Fsp3) is 0.733. The lowest BCUT2D eigenvalue weighted by atomic mass is 9.96. The van der Waals surface area contributed by atoms with Crippen LogP contribution in [0.1, 0.15) is 39.4 Å². The number of aromatic nitrogens is 2. The Hall–Kier alpha value is -1.36. The monoisotopic (exact) mass is 278 g/mol. The highest BCUT2D eigenvalue weighted by Gasteiger charge is 2.19. The van der Waals surface area contributed by atoms with Crippen LogP contribution in [0.4, 0.5) is 11.6 Å². The zero-order chi connectivity index (χ0) is 14.6. The van der Waals surface area contributed by atoms with Crippen LogP contribution in [-0.4, -0.2) is 36.8 Å². The Morgan fingerprint density at radius 3 is 2.65 bits per heavy atom. The maximum Gasteiger partial charge on any atom is 0.138 e. The number of nitrogens with one attached hydrogen (secondary N) is 2. The Bertz CT molecular complexity index is 436. The second kappa shape index (κ2) is 6.39. The fourth-order valence-electron chi connectivity index (χ4n) is 2.22. The summed E-state index contributed by atoms with van der Waals surface area (Å²) in [6.07, 6.45) is 2.31. The largest absolute Gasteiger partial charge is 0.381 e. The number of anilines is 2. The molecule has 1 aromatic heterocycles. The van der Waals surface area contributed by atoms with Crippen molar-refractivity contribution in [2.45, 2.75) is 39.0 Å². The van der Waals surface area contributed by atoms with Crippen LogP contribution >= 0.6 is 0 Å². The van der Waals surface area contributed by atoms with Gasteiger partial charge in [0.1, 0.15) is 17.5 Å². The summed E-state index contributed by atoms with van der Waals surface area (Å²) in [5.41, 5.74) is -0.0530. The molecule has 0 radical (unpaired) electrons. The van der Waals surface area contributed by atoms with Gasteiger partial charge in [-0.3, -0.25) is 0 Å². The minimum absolute atomic E-state index is 0.0530. The van der Waals surface area contributed by atoms with E-state index >= 15 is 0 Å². The van der Waals surface area contributed by atoms with E-state index < -0.39 is 0 Å². The van der Waals surface area contributed by atoms with E-state index in [1.54, 1.807) is 0 Å². The first kappa shape index (κ1) is 15.0. The first-order valence-corrected chi connectivity index (χ1v) is 7.38. The number of ether oxygens (including phenoxy) is 1. The molecule has 0 aromatic carbocycles. The molecule has 2 rings (SSSR count). The molecule has 5 heteroatoms. The number of hydrogen-bond acceptors (Lipinski definition) is 5. The van der Waals surface area contributed by atoms with E-state index in [9.17, 15) is 0 Å². The quantitative estimate of drug-likeness (QED) is 0.867. The van der Waals surface area contributed by atoms with Gasteiger partial charge in [-0.05, 0) is 18.8 Å². The third-order valence-corrected chi connectivity index (χ3v) is 3.54. The van der Waals surface area contributed by atoms with Gasteiger partial charge in [-0.1, -0.05) is 20.8 Å². The highest BCUT2D eigenvalue weighted by molar-refractivity contribution is 5.47. The Morgan fingerprint density at radius 1 is 1.30 bits per heavy atom. The van der Waals surface area contributed by atoms with Crippen LogP contribution in [0.25, 0.3) is 0 Å². The molecule has 0 spiro atoms. The maximum absolute atomic E-state index is 5.40. The third-order valence-electron chi connectivity index (χ3n) is 3.54. The molecule has 20 heavy (non-hydrogen) atoms. The molecule has 0 bridgehead atoms. The maximum atomic E-state index is 5.40. The predicted octanol–water partition coefficient (Wildman–Crippen LogP) is 2.65. The normalized spacial score (nSPS) is 19.1. The van der Waals surface area contributed by atoms with Crippen molar-refractivity contribution in [1.82, 2.24) is 9.97 Å². The molecule has 0 amide bonds. The zero-order valence-electron chi connectivity index (χ0n) is 13.0. The molecule has 1 atom stereocenters. The number of rotatable bonds is 5. The molecule has 1 aliphatic heterocycles. The average molecular weight is 278 g/mol. The molecular formula is C15H26N4O. The Kier molecular flexibility index (Phi) is 4.81.